The molecule has 7 rings (SSSR count). The number of fused-ring (bicyclic) bond motifs is 2. The van der Waals surface area contributed by atoms with Gasteiger partial charge in [-0.15, -0.1) is 0 Å². The molecule has 6 aromatic rings. The van der Waals surface area contributed by atoms with Crippen molar-refractivity contribution in [1.82, 2.24) is 9.97 Å². The number of aliphatic hydroxyl groups excluding tert-OH is 1. The minimum atomic E-state index is -0.216. The number of anilines is 3. The molecule has 1 aliphatic rings. The third-order valence-electron chi connectivity index (χ3n) is 8.57. The van der Waals surface area contributed by atoms with Gasteiger partial charge in [0.05, 0.1) is 6.10 Å². The Kier molecular flexibility index (Phi) is 7.12. The first-order valence-corrected chi connectivity index (χ1v) is 14.8. The molecular weight excluding hydrogens is 550 g/mol. The SMILES string of the molecule is CN(C(=O)c1ccc2[nH]ccc2c1)c1ccc(-c2c[nH]c3cc(NC(=O)c4ccc(N5CCC(O)CC5)cc4)ccc23)cc1. The molecule has 0 spiro atoms. The van der Waals surface area contributed by atoms with E-state index in [1.165, 1.54) is 0 Å². The zero-order chi connectivity index (χ0) is 30.2. The van der Waals surface area contributed by atoms with E-state index >= 15 is 0 Å². The topological polar surface area (TPSA) is 104 Å². The average Bonchev–Trinajstić information content (AvgIpc) is 3.71. The Labute approximate surface area is 254 Å². The monoisotopic (exact) mass is 583 g/mol. The van der Waals surface area contributed by atoms with E-state index in [1.54, 1.807) is 11.9 Å². The molecule has 0 saturated carbocycles. The smallest absolute Gasteiger partial charge is 0.258 e. The molecule has 0 aliphatic carbocycles. The van der Waals surface area contributed by atoms with Crippen molar-refractivity contribution in [3.63, 3.8) is 0 Å². The molecule has 0 bridgehead atoms. The van der Waals surface area contributed by atoms with Crippen LogP contribution in [-0.4, -0.2) is 53.1 Å². The molecule has 8 nitrogen and oxygen atoms in total. The van der Waals surface area contributed by atoms with Crippen molar-refractivity contribution in [3.8, 4) is 11.1 Å². The largest absolute Gasteiger partial charge is 0.393 e. The molecule has 2 aromatic heterocycles. The van der Waals surface area contributed by atoms with Crippen LogP contribution in [0, 0.1) is 0 Å². The molecule has 3 heterocycles. The molecule has 1 aliphatic heterocycles. The van der Waals surface area contributed by atoms with Gasteiger partial charge < -0.3 is 30.2 Å². The van der Waals surface area contributed by atoms with E-state index < -0.39 is 0 Å². The average molecular weight is 584 g/mol. The maximum absolute atomic E-state index is 13.2. The zero-order valence-corrected chi connectivity index (χ0v) is 24.4. The summed E-state index contributed by atoms with van der Waals surface area (Å²) in [4.78, 5) is 36.5. The zero-order valence-electron chi connectivity index (χ0n) is 24.4. The van der Waals surface area contributed by atoms with Crippen molar-refractivity contribution in [2.75, 3.05) is 35.3 Å². The number of rotatable bonds is 6. The Hall–Kier alpha value is -5.34. The van der Waals surface area contributed by atoms with Crippen LogP contribution in [0.4, 0.5) is 17.1 Å². The van der Waals surface area contributed by atoms with Crippen molar-refractivity contribution in [2.24, 2.45) is 0 Å². The number of hydrogen-bond acceptors (Lipinski definition) is 4. The highest BCUT2D eigenvalue weighted by Crippen LogP contribution is 2.32. The number of aromatic amines is 2. The number of H-pyrrole nitrogens is 2. The van der Waals surface area contributed by atoms with E-state index in [2.05, 4.69) is 20.2 Å². The second-order valence-corrected chi connectivity index (χ2v) is 11.4. The van der Waals surface area contributed by atoms with Crippen molar-refractivity contribution < 1.29 is 14.7 Å². The summed E-state index contributed by atoms with van der Waals surface area (Å²) >= 11 is 0. The third kappa shape index (κ3) is 5.31. The van der Waals surface area contributed by atoms with Gasteiger partial charge in [0.1, 0.15) is 0 Å². The number of carbonyl (C=O) groups excluding carboxylic acids is 2. The summed E-state index contributed by atoms with van der Waals surface area (Å²) in [5, 5.41) is 14.8. The highest BCUT2D eigenvalue weighted by Gasteiger charge is 2.18. The van der Waals surface area contributed by atoms with Gasteiger partial charge in [-0.1, -0.05) is 18.2 Å². The molecule has 4 N–H and O–H groups in total. The fourth-order valence-corrected chi connectivity index (χ4v) is 5.96. The van der Waals surface area contributed by atoms with Crippen LogP contribution in [0.15, 0.2) is 103 Å². The Morgan fingerprint density at radius 2 is 1.59 bits per heavy atom. The van der Waals surface area contributed by atoms with Gasteiger partial charge in [0.15, 0.2) is 0 Å². The van der Waals surface area contributed by atoms with Crippen LogP contribution in [0.2, 0.25) is 0 Å². The van der Waals surface area contributed by atoms with Crippen LogP contribution in [0.5, 0.6) is 0 Å². The Bertz CT molecular complexity index is 1970. The molecule has 220 valence electrons. The predicted molar refractivity (Wildman–Crippen MR) is 177 cm³/mol. The van der Waals surface area contributed by atoms with E-state index in [0.717, 1.165) is 70.2 Å². The second kappa shape index (κ2) is 11.4. The normalized spacial score (nSPS) is 13.8. The number of piperidine rings is 1. The van der Waals surface area contributed by atoms with Crippen molar-refractivity contribution >= 4 is 50.7 Å². The first-order valence-electron chi connectivity index (χ1n) is 14.8. The van der Waals surface area contributed by atoms with Gasteiger partial charge in [-0.25, -0.2) is 0 Å². The van der Waals surface area contributed by atoms with Crippen molar-refractivity contribution in [3.05, 3.63) is 115 Å². The highest BCUT2D eigenvalue weighted by molar-refractivity contribution is 6.08. The molecule has 1 fully saturated rings. The van der Waals surface area contributed by atoms with E-state index in [1.807, 2.05) is 103 Å². The van der Waals surface area contributed by atoms with Gasteiger partial charge >= 0.3 is 0 Å². The maximum atomic E-state index is 13.2. The molecule has 8 heteroatoms. The summed E-state index contributed by atoms with van der Waals surface area (Å²) in [6.07, 6.45) is 5.15. The number of benzene rings is 4. The molecule has 0 atom stereocenters. The molecule has 2 amide bonds. The van der Waals surface area contributed by atoms with E-state index in [9.17, 15) is 14.7 Å². The number of hydrogen-bond donors (Lipinski definition) is 4. The number of nitrogens with zero attached hydrogens (tertiary/aromatic N) is 2. The lowest BCUT2D eigenvalue weighted by atomic mass is 10.0. The van der Waals surface area contributed by atoms with Gasteiger partial charge in [-0.2, -0.15) is 0 Å². The number of aromatic nitrogens is 2. The Balaban J connectivity index is 1.03. The van der Waals surface area contributed by atoms with E-state index in [0.29, 0.717) is 16.8 Å². The summed E-state index contributed by atoms with van der Waals surface area (Å²) in [6.45, 7) is 1.63. The first-order chi connectivity index (χ1) is 21.4. The lowest BCUT2D eigenvalue weighted by Gasteiger charge is -2.31. The van der Waals surface area contributed by atoms with Crippen molar-refractivity contribution in [1.29, 1.82) is 0 Å². The van der Waals surface area contributed by atoms with Gasteiger partial charge in [0.25, 0.3) is 11.8 Å². The van der Waals surface area contributed by atoms with Crippen LogP contribution < -0.4 is 15.1 Å². The van der Waals surface area contributed by atoms with Gasteiger partial charge in [0.2, 0.25) is 0 Å². The summed E-state index contributed by atoms with van der Waals surface area (Å²) in [7, 11) is 1.79. The lowest BCUT2D eigenvalue weighted by molar-refractivity contribution is 0.0991. The second-order valence-electron chi connectivity index (χ2n) is 11.4. The minimum absolute atomic E-state index is 0.0683. The number of amides is 2. The molecule has 4 aromatic carbocycles. The van der Waals surface area contributed by atoms with Crippen LogP contribution in [-0.2, 0) is 0 Å². The quantitative estimate of drug-likeness (QED) is 0.173. The summed E-state index contributed by atoms with van der Waals surface area (Å²) < 4.78 is 0. The molecular formula is C36H33N5O3. The highest BCUT2D eigenvalue weighted by atomic mass is 16.3. The molecule has 44 heavy (non-hydrogen) atoms. The fraction of sp³-hybridized carbons (Fsp3) is 0.167. The van der Waals surface area contributed by atoms with Gasteiger partial charge in [-0.3, -0.25) is 9.59 Å². The van der Waals surface area contributed by atoms with Crippen molar-refractivity contribution in [2.45, 2.75) is 18.9 Å². The maximum Gasteiger partial charge on any atom is 0.258 e. The molecule has 0 radical (unpaired) electrons. The number of aliphatic hydroxyl groups is 1. The van der Waals surface area contributed by atoms with Crippen LogP contribution in [0.3, 0.4) is 0 Å². The van der Waals surface area contributed by atoms with Gasteiger partial charge in [0, 0.05) is 88.1 Å². The summed E-state index contributed by atoms with van der Waals surface area (Å²) in [5.41, 5.74) is 7.78. The predicted octanol–water partition coefficient (Wildman–Crippen LogP) is 6.81. The van der Waals surface area contributed by atoms with Crippen LogP contribution >= 0.6 is 0 Å². The number of carbonyl (C=O) groups is 2. The minimum Gasteiger partial charge on any atom is -0.393 e. The van der Waals surface area contributed by atoms with E-state index in [-0.39, 0.29) is 17.9 Å². The lowest BCUT2D eigenvalue weighted by Crippen LogP contribution is -2.35. The fourth-order valence-electron chi connectivity index (χ4n) is 5.96. The summed E-state index contributed by atoms with van der Waals surface area (Å²) in [5.74, 6) is -0.236. The Morgan fingerprint density at radius 1 is 0.841 bits per heavy atom. The van der Waals surface area contributed by atoms with Gasteiger partial charge in [-0.05, 0) is 91.2 Å². The van der Waals surface area contributed by atoms with E-state index in [4.69, 9.17) is 0 Å². The molecule has 0 unspecified atom stereocenters. The number of nitrogens with one attached hydrogen (secondary N) is 3. The van der Waals surface area contributed by atoms with Crippen LogP contribution in [0.25, 0.3) is 32.9 Å². The standard InChI is InChI=1S/C36H33N5O3/c1-40(36(44)26-6-13-33-25(20-26)14-17-37-33)28-8-2-23(3-9-28)32-22-38-34-21-27(7-12-31(32)34)39-35(43)24-4-10-29(11-5-24)41-18-15-30(42)16-19-41/h2-14,17,20-22,30,37-38,42H,15-16,18-19H2,1H3,(H,39,43). The van der Waals surface area contributed by atoms with Crippen LogP contribution in [0.1, 0.15) is 33.6 Å². The summed E-state index contributed by atoms with van der Waals surface area (Å²) in [6, 6.07) is 29.0. The molecule has 1 saturated heterocycles. The first kappa shape index (κ1) is 27.5. The Morgan fingerprint density at radius 3 is 2.36 bits per heavy atom. The third-order valence-corrected chi connectivity index (χ3v) is 8.57.